The Morgan fingerprint density at radius 3 is 2.84 bits per heavy atom. The Morgan fingerprint density at radius 1 is 1.32 bits per heavy atom. The average molecular weight is 276 g/mol. The molecule has 0 amide bonds. The Labute approximate surface area is 116 Å². The molecule has 0 aromatic carbocycles. The molecule has 4 nitrogen and oxygen atoms in total. The Hall–Kier alpha value is -1.72. The summed E-state index contributed by atoms with van der Waals surface area (Å²) in [6, 6.07) is 5.87. The van der Waals surface area contributed by atoms with E-state index in [1.54, 1.807) is 17.5 Å². The average Bonchev–Trinajstić information content (AvgIpc) is 2.78. The molecule has 0 aliphatic carbocycles. The van der Waals surface area contributed by atoms with Crippen LogP contribution in [0.25, 0.3) is 0 Å². The van der Waals surface area contributed by atoms with E-state index in [1.807, 2.05) is 31.3 Å². The van der Waals surface area contributed by atoms with Crippen molar-refractivity contribution in [2.45, 2.75) is 26.4 Å². The summed E-state index contributed by atoms with van der Waals surface area (Å²) in [5, 5.41) is 12.1. The second-order valence-corrected chi connectivity index (χ2v) is 5.60. The third-order valence-corrected chi connectivity index (χ3v) is 3.88. The van der Waals surface area contributed by atoms with Gasteiger partial charge in [0.2, 0.25) is 0 Å². The van der Waals surface area contributed by atoms with E-state index in [4.69, 9.17) is 5.11 Å². The number of thiophene rings is 1. The lowest BCUT2D eigenvalue weighted by atomic mass is 10.1. The van der Waals surface area contributed by atoms with Crippen LogP contribution in [0.3, 0.4) is 0 Å². The topological polar surface area (TPSA) is 62.2 Å². The molecule has 0 fully saturated rings. The number of carboxylic acid groups (broad SMARTS) is 1. The van der Waals surface area contributed by atoms with Crippen LogP contribution >= 0.6 is 11.3 Å². The van der Waals surface area contributed by atoms with Crippen LogP contribution in [0.1, 0.15) is 20.9 Å². The molecule has 5 heteroatoms. The molecule has 2 aromatic rings. The van der Waals surface area contributed by atoms with Crippen LogP contribution in [-0.2, 0) is 24.3 Å². The summed E-state index contributed by atoms with van der Waals surface area (Å²) >= 11 is 1.54. The first kappa shape index (κ1) is 13.7. The van der Waals surface area contributed by atoms with Gasteiger partial charge in [0.05, 0.1) is 6.42 Å². The number of aromatic nitrogens is 1. The molecule has 0 bridgehead atoms. The first-order valence-electron chi connectivity index (χ1n) is 6.05. The zero-order valence-electron chi connectivity index (χ0n) is 10.7. The molecule has 2 rings (SSSR count). The largest absolute Gasteiger partial charge is 0.481 e. The standard InChI is InChI=1S/C14H16N2O2S/c1-10-7-15-5-4-11(10)8-16-9-13-3-2-12(19-13)6-14(17)18/h2-5,7,16H,6,8-9H2,1H3,(H,17,18). The van der Waals surface area contributed by atoms with E-state index in [0.29, 0.717) is 0 Å². The molecule has 0 unspecified atom stereocenters. The Bertz CT molecular complexity index is 566. The van der Waals surface area contributed by atoms with Crippen molar-refractivity contribution in [1.29, 1.82) is 0 Å². The Kier molecular flexibility index (Phi) is 4.65. The van der Waals surface area contributed by atoms with E-state index in [1.165, 1.54) is 11.1 Å². The number of pyridine rings is 1. The summed E-state index contributed by atoms with van der Waals surface area (Å²) in [5.74, 6) is -0.784. The van der Waals surface area contributed by atoms with Gasteiger partial charge in [-0.1, -0.05) is 0 Å². The minimum Gasteiger partial charge on any atom is -0.481 e. The molecule has 19 heavy (non-hydrogen) atoms. The first-order chi connectivity index (χ1) is 9.15. The molecule has 0 spiro atoms. The van der Waals surface area contributed by atoms with Gasteiger partial charge in [0, 0.05) is 35.2 Å². The summed E-state index contributed by atoms with van der Waals surface area (Å²) in [5.41, 5.74) is 2.41. The highest BCUT2D eigenvalue weighted by Gasteiger charge is 2.04. The highest BCUT2D eigenvalue weighted by molar-refractivity contribution is 7.12. The van der Waals surface area contributed by atoms with Gasteiger partial charge in [0.25, 0.3) is 0 Å². The number of hydrogen-bond donors (Lipinski definition) is 2. The maximum Gasteiger partial charge on any atom is 0.308 e. The summed E-state index contributed by atoms with van der Waals surface area (Å²) in [7, 11) is 0. The zero-order valence-corrected chi connectivity index (χ0v) is 11.5. The Balaban J connectivity index is 1.84. The van der Waals surface area contributed by atoms with Gasteiger partial charge in [-0.3, -0.25) is 9.78 Å². The zero-order chi connectivity index (χ0) is 13.7. The van der Waals surface area contributed by atoms with Gasteiger partial charge in [-0.05, 0) is 36.2 Å². The molecule has 0 aliphatic rings. The van der Waals surface area contributed by atoms with Crippen molar-refractivity contribution in [1.82, 2.24) is 10.3 Å². The van der Waals surface area contributed by atoms with Crippen LogP contribution in [0.15, 0.2) is 30.6 Å². The number of carboxylic acids is 1. The van der Waals surface area contributed by atoms with E-state index >= 15 is 0 Å². The van der Waals surface area contributed by atoms with Crippen LogP contribution in [0.5, 0.6) is 0 Å². The van der Waals surface area contributed by atoms with Crippen LogP contribution in [0, 0.1) is 6.92 Å². The monoisotopic (exact) mass is 276 g/mol. The lowest BCUT2D eigenvalue weighted by Gasteiger charge is -2.05. The van der Waals surface area contributed by atoms with E-state index in [9.17, 15) is 4.79 Å². The number of hydrogen-bond acceptors (Lipinski definition) is 4. The van der Waals surface area contributed by atoms with Gasteiger partial charge >= 0.3 is 5.97 Å². The third-order valence-electron chi connectivity index (χ3n) is 2.79. The number of aryl methyl sites for hydroxylation is 1. The van der Waals surface area contributed by atoms with Gasteiger partial charge in [-0.2, -0.15) is 0 Å². The molecule has 100 valence electrons. The second-order valence-electron chi connectivity index (χ2n) is 4.34. The molecular formula is C14H16N2O2S. The molecule has 0 radical (unpaired) electrons. The molecular weight excluding hydrogens is 260 g/mol. The van der Waals surface area contributed by atoms with Gasteiger partial charge in [-0.25, -0.2) is 0 Å². The van der Waals surface area contributed by atoms with Crippen molar-refractivity contribution in [3.05, 3.63) is 51.5 Å². The quantitative estimate of drug-likeness (QED) is 0.850. The summed E-state index contributed by atoms with van der Waals surface area (Å²) in [4.78, 5) is 16.7. The summed E-state index contributed by atoms with van der Waals surface area (Å²) in [6.45, 7) is 3.59. The minimum absolute atomic E-state index is 0.105. The number of nitrogens with zero attached hydrogens (tertiary/aromatic N) is 1. The number of aliphatic carboxylic acids is 1. The van der Waals surface area contributed by atoms with E-state index in [2.05, 4.69) is 10.3 Å². The fourth-order valence-corrected chi connectivity index (χ4v) is 2.76. The summed E-state index contributed by atoms with van der Waals surface area (Å²) < 4.78 is 0. The normalized spacial score (nSPS) is 10.6. The van der Waals surface area contributed by atoms with Crippen molar-refractivity contribution >= 4 is 17.3 Å². The van der Waals surface area contributed by atoms with Crippen molar-refractivity contribution < 1.29 is 9.90 Å². The molecule has 2 heterocycles. The number of nitrogens with one attached hydrogen (secondary N) is 1. The second kappa shape index (κ2) is 6.45. The van der Waals surface area contributed by atoms with Crippen LogP contribution in [0.4, 0.5) is 0 Å². The lowest BCUT2D eigenvalue weighted by molar-refractivity contribution is -0.136. The highest BCUT2D eigenvalue weighted by Crippen LogP contribution is 2.17. The van der Waals surface area contributed by atoms with Crippen molar-refractivity contribution in [2.75, 3.05) is 0 Å². The highest BCUT2D eigenvalue weighted by atomic mass is 32.1. The predicted octanol–water partition coefficient (Wildman–Crippen LogP) is 2.37. The first-order valence-corrected chi connectivity index (χ1v) is 6.86. The maximum absolute atomic E-state index is 10.6. The van der Waals surface area contributed by atoms with Gasteiger partial charge in [0.1, 0.15) is 0 Å². The van der Waals surface area contributed by atoms with Crippen molar-refractivity contribution in [3.63, 3.8) is 0 Å². The molecule has 0 aliphatic heterocycles. The number of carbonyl (C=O) groups is 1. The van der Waals surface area contributed by atoms with Gasteiger partial charge in [-0.15, -0.1) is 11.3 Å². The lowest BCUT2D eigenvalue weighted by Crippen LogP contribution is -2.12. The van der Waals surface area contributed by atoms with E-state index < -0.39 is 5.97 Å². The van der Waals surface area contributed by atoms with Crippen LogP contribution < -0.4 is 5.32 Å². The smallest absolute Gasteiger partial charge is 0.308 e. The fraction of sp³-hybridized carbons (Fsp3) is 0.286. The van der Waals surface area contributed by atoms with E-state index in [0.717, 1.165) is 22.8 Å². The SMILES string of the molecule is Cc1cnccc1CNCc1ccc(CC(=O)O)s1. The molecule has 2 aromatic heterocycles. The van der Waals surface area contributed by atoms with Gasteiger partial charge < -0.3 is 10.4 Å². The van der Waals surface area contributed by atoms with E-state index in [-0.39, 0.29) is 6.42 Å². The third kappa shape index (κ3) is 4.15. The minimum atomic E-state index is -0.784. The van der Waals surface area contributed by atoms with Crippen molar-refractivity contribution in [3.8, 4) is 0 Å². The molecule has 0 saturated carbocycles. The van der Waals surface area contributed by atoms with Crippen LogP contribution in [0.2, 0.25) is 0 Å². The van der Waals surface area contributed by atoms with Crippen molar-refractivity contribution in [2.24, 2.45) is 0 Å². The summed E-state index contributed by atoms with van der Waals surface area (Å²) in [6.07, 6.45) is 3.75. The van der Waals surface area contributed by atoms with Gasteiger partial charge in [0.15, 0.2) is 0 Å². The Morgan fingerprint density at radius 2 is 2.11 bits per heavy atom. The maximum atomic E-state index is 10.6. The molecule has 0 atom stereocenters. The molecule has 2 N–H and O–H groups in total. The fourth-order valence-electron chi connectivity index (χ4n) is 1.78. The predicted molar refractivity (Wildman–Crippen MR) is 75.2 cm³/mol. The molecule has 0 saturated heterocycles. The number of rotatable bonds is 6. The van der Waals surface area contributed by atoms with Crippen LogP contribution in [-0.4, -0.2) is 16.1 Å².